The molecule has 208 valence electrons. The molecule has 0 bridgehead atoms. The van der Waals surface area contributed by atoms with Crippen molar-refractivity contribution >= 4 is 28.5 Å². The first-order chi connectivity index (χ1) is 18.8. The van der Waals surface area contributed by atoms with E-state index in [4.69, 9.17) is 24.2 Å². The maximum atomic E-state index is 14.0. The average Bonchev–Trinajstić information content (AvgIpc) is 3.46. The molecule has 5 rings (SSSR count). The van der Waals surface area contributed by atoms with Gasteiger partial charge in [0, 0.05) is 36.5 Å². The van der Waals surface area contributed by atoms with Crippen LogP contribution in [0.3, 0.4) is 0 Å². The summed E-state index contributed by atoms with van der Waals surface area (Å²) in [6.45, 7) is 2.72. The predicted octanol–water partition coefficient (Wildman–Crippen LogP) is 5.33. The van der Waals surface area contributed by atoms with Crippen LogP contribution in [0.1, 0.15) is 62.1 Å². The molecule has 3 aromatic rings. The van der Waals surface area contributed by atoms with Crippen LogP contribution < -0.4 is 0 Å². The van der Waals surface area contributed by atoms with Crippen LogP contribution in [0.4, 0.5) is 4.39 Å². The number of benzene rings is 1. The molecule has 1 aliphatic heterocycles. The van der Waals surface area contributed by atoms with Crippen molar-refractivity contribution in [3.8, 4) is 0 Å². The minimum Gasteiger partial charge on any atom is -0.473 e. The van der Waals surface area contributed by atoms with E-state index in [1.54, 1.807) is 12.3 Å². The smallest absolute Gasteiger partial charge is 0.414 e. The second kappa shape index (κ2) is 13.5. The van der Waals surface area contributed by atoms with Crippen molar-refractivity contribution < 1.29 is 33.7 Å². The molecule has 0 spiro atoms. The Balaban J connectivity index is 0.000000531. The Morgan fingerprint density at radius 3 is 2.49 bits per heavy atom. The van der Waals surface area contributed by atoms with Gasteiger partial charge in [-0.1, -0.05) is 31.4 Å². The van der Waals surface area contributed by atoms with E-state index in [1.165, 1.54) is 30.9 Å². The number of aliphatic carboxylic acids is 2. The zero-order valence-corrected chi connectivity index (χ0v) is 21.8. The number of aliphatic hydroxyl groups excluding tert-OH is 1. The van der Waals surface area contributed by atoms with Gasteiger partial charge >= 0.3 is 11.9 Å². The molecular weight excluding hydrogens is 503 g/mol. The van der Waals surface area contributed by atoms with E-state index >= 15 is 0 Å². The lowest BCUT2D eigenvalue weighted by Crippen LogP contribution is -2.35. The number of aromatic nitrogens is 1. The summed E-state index contributed by atoms with van der Waals surface area (Å²) in [5.41, 5.74) is 3.86. The van der Waals surface area contributed by atoms with Gasteiger partial charge in [0.2, 0.25) is 0 Å². The number of furan rings is 1. The number of hydrogen-bond donors (Lipinski definition) is 3. The van der Waals surface area contributed by atoms with Crippen LogP contribution in [0, 0.1) is 11.7 Å². The highest BCUT2D eigenvalue weighted by molar-refractivity contribution is 6.27. The third kappa shape index (κ3) is 7.30. The van der Waals surface area contributed by atoms with Crippen molar-refractivity contribution in [3.63, 3.8) is 0 Å². The van der Waals surface area contributed by atoms with Gasteiger partial charge in [-0.15, -0.1) is 0 Å². The number of nitrogens with zero attached hydrogens (tertiary/aromatic N) is 2. The van der Waals surface area contributed by atoms with Gasteiger partial charge < -0.3 is 19.7 Å². The van der Waals surface area contributed by atoms with Crippen LogP contribution >= 0.6 is 0 Å². The van der Waals surface area contributed by atoms with Gasteiger partial charge in [-0.25, -0.2) is 14.0 Å². The highest BCUT2D eigenvalue weighted by Crippen LogP contribution is 2.35. The Hall–Kier alpha value is -3.56. The first-order valence-corrected chi connectivity index (χ1v) is 13.5. The Morgan fingerprint density at radius 1 is 1.08 bits per heavy atom. The zero-order valence-electron chi connectivity index (χ0n) is 21.8. The molecule has 8 nitrogen and oxygen atoms in total. The molecule has 0 radical (unpaired) electrons. The first-order valence-electron chi connectivity index (χ1n) is 13.5. The van der Waals surface area contributed by atoms with E-state index in [9.17, 15) is 9.50 Å². The zero-order chi connectivity index (χ0) is 27.8. The standard InChI is InChI=1S/C28H33FN2O2.C2H2O4/c29-25-10-9-22(28-23(25)14-19-33-28)20-11-16-31(17-12-20)18-13-24(26-8-4-5-15-30-26)27(32)21-6-2-1-3-7-21;3-1(4)2(5)6/h4-5,8-11,14-15,19,21,24,27,32H,1-3,6-7,12-13,16-18H2;(H,3,4)(H,5,6). The van der Waals surface area contributed by atoms with Crippen LogP contribution in [-0.2, 0) is 9.59 Å². The number of carbonyl (C=O) groups is 2. The maximum absolute atomic E-state index is 14.0. The maximum Gasteiger partial charge on any atom is 0.414 e. The fourth-order valence-corrected chi connectivity index (χ4v) is 5.65. The molecule has 2 aliphatic rings. The SMILES string of the molecule is O=C(O)C(=O)O.OC(C1CCCCC1)C(CCN1CC=C(c2ccc(F)c3ccoc23)CC1)c1ccccn1. The third-order valence-electron chi connectivity index (χ3n) is 7.75. The van der Waals surface area contributed by atoms with Crippen molar-refractivity contribution in [3.05, 3.63) is 72.0 Å². The molecule has 1 fully saturated rings. The van der Waals surface area contributed by atoms with Crippen LogP contribution in [0.25, 0.3) is 16.5 Å². The van der Waals surface area contributed by atoms with Crippen molar-refractivity contribution in [2.75, 3.05) is 19.6 Å². The van der Waals surface area contributed by atoms with Crippen molar-refractivity contribution in [1.82, 2.24) is 9.88 Å². The summed E-state index contributed by atoms with van der Waals surface area (Å²) in [5, 5.41) is 26.6. The Labute approximate surface area is 226 Å². The third-order valence-corrected chi connectivity index (χ3v) is 7.75. The fraction of sp³-hybridized carbons (Fsp3) is 0.433. The van der Waals surface area contributed by atoms with E-state index in [0.29, 0.717) is 16.9 Å². The second-order valence-electron chi connectivity index (χ2n) is 10.2. The van der Waals surface area contributed by atoms with Crippen LogP contribution in [0.2, 0.25) is 0 Å². The monoisotopic (exact) mass is 538 g/mol. The fourth-order valence-electron chi connectivity index (χ4n) is 5.65. The minimum atomic E-state index is -1.82. The lowest BCUT2D eigenvalue weighted by atomic mass is 9.78. The Kier molecular flexibility index (Phi) is 9.84. The van der Waals surface area contributed by atoms with Gasteiger partial charge in [-0.3, -0.25) is 9.88 Å². The lowest BCUT2D eigenvalue weighted by Gasteiger charge is -2.34. The van der Waals surface area contributed by atoms with Gasteiger partial charge in [-0.2, -0.15) is 0 Å². The molecule has 1 aromatic carbocycles. The molecule has 1 aliphatic carbocycles. The summed E-state index contributed by atoms with van der Waals surface area (Å²) in [6.07, 6.45) is 13.1. The molecule has 3 N–H and O–H groups in total. The number of rotatable bonds is 7. The van der Waals surface area contributed by atoms with Crippen LogP contribution in [-0.4, -0.2) is 62.9 Å². The Bertz CT molecular complexity index is 1270. The molecule has 2 aromatic heterocycles. The quantitative estimate of drug-likeness (QED) is 0.345. The molecule has 0 amide bonds. The van der Waals surface area contributed by atoms with Crippen molar-refractivity contribution in [2.24, 2.45) is 5.92 Å². The number of carboxylic acid groups (broad SMARTS) is 2. The normalized spacial score (nSPS) is 18.1. The molecule has 9 heteroatoms. The number of fused-ring (bicyclic) bond motifs is 1. The molecular formula is C30H35FN2O6. The summed E-state index contributed by atoms with van der Waals surface area (Å²) in [7, 11) is 0. The number of hydrogen-bond acceptors (Lipinski definition) is 6. The number of carboxylic acids is 2. The minimum absolute atomic E-state index is 0.0690. The lowest BCUT2D eigenvalue weighted by molar-refractivity contribution is -0.159. The largest absolute Gasteiger partial charge is 0.473 e. The van der Waals surface area contributed by atoms with Gasteiger partial charge in [0.25, 0.3) is 0 Å². The molecule has 2 atom stereocenters. The Morgan fingerprint density at radius 2 is 1.85 bits per heavy atom. The summed E-state index contributed by atoms with van der Waals surface area (Å²) < 4.78 is 19.6. The summed E-state index contributed by atoms with van der Waals surface area (Å²) in [6, 6.07) is 11.1. The number of aliphatic hydroxyl groups is 1. The molecule has 0 saturated heterocycles. The van der Waals surface area contributed by atoms with E-state index in [0.717, 1.165) is 56.6 Å². The molecule has 39 heavy (non-hydrogen) atoms. The topological polar surface area (TPSA) is 124 Å². The average molecular weight is 539 g/mol. The van der Waals surface area contributed by atoms with E-state index in [1.807, 2.05) is 24.4 Å². The highest BCUT2D eigenvalue weighted by atomic mass is 19.1. The summed E-state index contributed by atoms with van der Waals surface area (Å²) >= 11 is 0. The molecule has 3 heterocycles. The predicted molar refractivity (Wildman–Crippen MR) is 145 cm³/mol. The van der Waals surface area contributed by atoms with Gasteiger partial charge in [0.05, 0.1) is 17.8 Å². The van der Waals surface area contributed by atoms with E-state index < -0.39 is 11.9 Å². The van der Waals surface area contributed by atoms with Gasteiger partial charge in [0.15, 0.2) is 0 Å². The van der Waals surface area contributed by atoms with Gasteiger partial charge in [-0.05, 0) is 74.1 Å². The van der Waals surface area contributed by atoms with Crippen molar-refractivity contribution in [1.29, 1.82) is 0 Å². The second-order valence-corrected chi connectivity index (χ2v) is 10.2. The first kappa shape index (κ1) is 28.4. The molecule has 2 unspecified atom stereocenters. The van der Waals surface area contributed by atoms with E-state index in [-0.39, 0.29) is 17.8 Å². The van der Waals surface area contributed by atoms with Gasteiger partial charge in [0.1, 0.15) is 11.4 Å². The highest BCUT2D eigenvalue weighted by Gasteiger charge is 2.31. The number of halogens is 1. The van der Waals surface area contributed by atoms with Crippen LogP contribution in [0.5, 0.6) is 0 Å². The van der Waals surface area contributed by atoms with Crippen LogP contribution in [0.15, 0.2) is 59.4 Å². The summed E-state index contributed by atoms with van der Waals surface area (Å²) in [4.78, 5) is 25.2. The van der Waals surface area contributed by atoms with E-state index in [2.05, 4.69) is 22.0 Å². The van der Waals surface area contributed by atoms with Crippen molar-refractivity contribution in [2.45, 2.75) is 57.0 Å². The number of pyridine rings is 1. The summed E-state index contributed by atoms with van der Waals surface area (Å²) in [5.74, 6) is -3.44. The molecule has 1 saturated carbocycles.